The van der Waals surface area contributed by atoms with E-state index in [2.05, 4.69) is 15.9 Å². The zero-order valence-electron chi connectivity index (χ0n) is 11.4. The molecule has 1 N–H and O–H groups in total. The van der Waals surface area contributed by atoms with E-state index < -0.39 is 17.4 Å². The van der Waals surface area contributed by atoms with Gasteiger partial charge < -0.3 is 9.84 Å². The molecule has 4 nitrogen and oxygen atoms in total. The molecular formula is C15H17BrO4. The number of ether oxygens (including phenoxy) is 1. The Kier molecular flexibility index (Phi) is 5.95. The molecule has 0 bridgehead atoms. The lowest BCUT2D eigenvalue weighted by Crippen LogP contribution is -2.44. The minimum Gasteiger partial charge on any atom is -0.480 e. The summed E-state index contributed by atoms with van der Waals surface area (Å²) in [4.78, 5) is 24.1. The predicted molar refractivity (Wildman–Crippen MR) is 79.5 cm³/mol. The third kappa shape index (κ3) is 3.28. The van der Waals surface area contributed by atoms with Crippen molar-refractivity contribution in [3.05, 3.63) is 46.5 Å². The number of carboxylic acids is 1. The highest BCUT2D eigenvalue weighted by molar-refractivity contribution is 9.10. The second-order valence-electron chi connectivity index (χ2n) is 4.21. The smallest absolute Gasteiger partial charge is 0.328 e. The summed E-state index contributed by atoms with van der Waals surface area (Å²) >= 11 is 3.30. The van der Waals surface area contributed by atoms with Crippen molar-refractivity contribution in [1.82, 2.24) is 0 Å². The number of benzene rings is 1. The lowest BCUT2D eigenvalue weighted by atomic mass is 9.77. The summed E-state index contributed by atoms with van der Waals surface area (Å²) in [6, 6.07) is 6.73. The molecule has 0 heterocycles. The van der Waals surface area contributed by atoms with E-state index in [1.165, 1.54) is 0 Å². The number of carbonyl (C=O) groups excluding carboxylic acids is 1. The van der Waals surface area contributed by atoms with Gasteiger partial charge in [0.2, 0.25) is 0 Å². The van der Waals surface area contributed by atoms with Crippen molar-refractivity contribution in [2.45, 2.75) is 25.7 Å². The number of halogens is 1. The molecule has 0 spiro atoms. The third-order valence-electron chi connectivity index (χ3n) is 2.97. The van der Waals surface area contributed by atoms with Crippen molar-refractivity contribution in [2.75, 3.05) is 6.61 Å². The Morgan fingerprint density at radius 1 is 1.45 bits per heavy atom. The van der Waals surface area contributed by atoms with Crippen molar-refractivity contribution < 1.29 is 19.4 Å². The number of hydrogen-bond donors (Lipinski definition) is 1. The van der Waals surface area contributed by atoms with Gasteiger partial charge in [0.15, 0.2) is 5.41 Å². The molecular weight excluding hydrogens is 324 g/mol. The van der Waals surface area contributed by atoms with Gasteiger partial charge in [-0.1, -0.05) is 40.2 Å². The van der Waals surface area contributed by atoms with Crippen LogP contribution >= 0.6 is 15.9 Å². The quantitative estimate of drug-likeness (QED) is 0.490. The van der Waals surface area contributed by atoms with E-state index >= 15 is 0 Å². The van der Waals surface area contributed by atoms with E-state index in [4.69, 9.17) is 4.74 Å². The van der Waals surface area contributed by atoms with Crippen LogP contribution in [0.25, 0.3) is 0 Å². The molecule has 1 aromatic rings. The fourth-order valence-corrected chi connectivity index (χ4v) is 2.32. The normalized spacial score (nSPS) is 13.9. The van der Waals surface area contributed by atoms with Gasteiger partial charge in [0, 0.05) is 4.47 Å². The molecule has 108 valence electrons. The minimum atomic E-state index is -1.72. The molecule has 0 saturated heterocycles. The molecule has 1 atom stereocenters. The number of hydrogen-bond acceptors (Lipinski definition) is 3. The minimum absolute atomic E-state index is 0.0497. The van der Waals surface area contributed by atoms with Crippen molar-refractivity contribution in [3.8, 4) is 0 Å². The molecule has 5 heteroatoms. The summed E-state index contributed by atoms with van der Waals surface area (Å²) in [5.74, 6) is -1.96. The molecule has 0 radical (unpaired) electrons. The van der Waals surface area contributed by atoms with Crippen molar-refractivity contribution >= 4 is 27.9 Å². The van der Waals surface area contributed by atoms with Gasteiger partial charge in [0.1, 0.15) is 0 Å². The summed E-state index contributed by atoms with van der Waals surface area (Å²) in [7, 11) is 0. The SMILES string of the molecule is C/C=C/CC(C(=O)O)(C(=O)OCC)c1cccc(Br)c1. The summed E-state index contributed by atoms with van der Waals surface area (Å²) in [5, 5.41) is 9.64. The van der Waals surface area contributed by atoms with Crippen LogP contribution in [0, 0.1) is 0 Å². The summed E-state index contributed by atoms with van der Waals surface area (Å²) < 4.78 is 5.70. The van der Waals surface area contributed by atoms with Gasteiger partial charge in [0.25, 0.3) is 0 Å². The van der Waals surface area contributed by atoms with Gasteiger partial charge in [-0.05, 0) is 38.0 Å². The molecule has 0 fully saturated rings. The summed E-state index contributed by atoms with van der Waals surface area (Å²) in [6.45, 7) is 3.57. The van der Waals surface area contributed by atoms with Gasteiger partial charge in [-0.25, -0.2) is 0 Å². The van der Waals surface area contributed by atoms with Gasteiger partial charge in [-0.15, -0.1) is 0 Å². The molecule has 1 aromatic carbocycles. The summed E-state index contributed by atoms with van der Waals surface area (Å²) in [5.41, 5.74) is -1.32. The second kappa shape index (κ2) is 7.24. The topological polar surface area (TPSA) is 63.6 Å². The number of aliphatic carboxylic acids is 1. The first kappa shape index (κ1) is 16.4. The van der Waals surface area contributed by atoms with Gasteiger partial charge in [-0.3, -0.25) is 9.59 Å². The predicted octanol–water partition coefficient (Wildman–Crippen LogP) is 3.30. The first-order valence-electron chi connectivity index (χ1n) is 6.26. The number of carbonyl (C=O) groups is 2. The van der Waals surface area contributed by atoms with Gasteiger partial charge in [0.05, 0.1) is 6.61 Å². The number of allylic oxidation sites excluding steroid dienone is 2. The maximum atomic E-state index is 12.3. The molecule has 0 aliphatic carbocycles. The number of rotatable bonds is 6. The van der Waals surface area contributed by atoms with Gasteiger partial charge >= 0.3 is 11.9 Å². The summed E-state index contributed by atoms with van der Waals surface area (Å²) in [6.07, 6.45) is 3.43. The molecule has 0 saturated carbocycles. The van der Waals surface area contributed by atoms with Crippen LogP contribution in [0.5, 0.6) is 0 Å². The standard InChI is InChI=1S/C15H17BrO4/c1-3-5-9-15(13(17)18,14(19)20-4-2)11-7-6-8-12(16)10-11/h3,5-8,10H,4,9H2,1-2H3,(H,17,18)/b5-3+. The first-order valence-corrected chi connectivity index (χ1v) is 7.06. The van der Waals surface area contributed by atoms with E-state index in [9.17, 15) is 14.7 Å². The first-order chi connectivity index (χ1) is 9.48. The van der Waals surface area contributed by atoms with Crippen LogP contribution in [-0.2, 0) is 19.7 Å². The van der Waals surface area contributed by atoms with Crippen molar-refractivity contribution in [2.24, 2.45) is 0 Å². The Balaban J connectivity index is 3.43. The molecule has 1 unspecified atom stereocenters. The maximum absolute atomic E-state index is 12.3. The highest BCUT2D eigenvalue weighted by Crippen LogP contribution is 2.32. The van der Waals surface area contributed by atoms with Crippen molar-refractivity contribution in [3.63, 3.8) is 0 Å². The molecule has 0 aromatic heterocycles. The van der Waals surface area contributed by atoms with Crippen LogP contribution in [0.4, 0.5) is 0 Å². The Hall–Kier alpha value is -1.62. The fourth-order valence-electron chi connectivity index (χ4n) is 1.92. The highest BCUT2D eigenvalue weighted by Gasteiger charge is 2.48. The zero-order valence-corrected chi connectivity index (χ0v) is 13.0. The maximum Gasteiger partial charge on any atom is 0.328 e. The molecule has 0 aliphatic heterocycles. The Morgan fingerprint density at radius 3 is 2.65 bits per heavy atom. The molecule has 0 amide bonds. The molecule has 1 rings (SSSR count). The third-order valence-corrected chi connectivity index (χ3v) is 3.46. The van der Waals surface area contributed by atoms with E-state index in [0.717, 1.165) is 0 Å². The van der Waals surface area contributed by atoms with Crippen LogP contribution in [0.1, 0.15) is 25.8 Å². The number of esters is 1. The van der Waals surface area contributed by atoms with E-state index in [1.54, 1.807) is 50.3 Å². The van der Waals surface area contributed by atoms with Gasteiger partial charge in [-0.2, -0.15) is 0 Å². The number of carboxylic acid groups (broad SMARTS) is 1. The monoisotopic (exact) mass is 340 g/mol. The molecule has 20 heavy (non-hydrogen) atoms. The van der Waals surface area contributed by atoms with E-state index in [1.807, 2.05) is 0 Å². The van der Waals surface area contributed by atoms with Crippen molar-refractivity contribution in [1.29, 1.82) is 0 Å². The average molecular weight is 341 g/mol. The van der Waals surface area contributed by atoms with Crippen LogP contribution in [0.15, 0.2) is 40.9 Å². The lowest BCUT2D eigenvalue weighted by molar-refractivity contribution is -0.161. The fraction of sp³-hybridized carbons (Fsp3) is 0.333. The zero-order chi connectivity index (χ0) is 15.2. The highest BCUT2D eigenvalue weighted by atomic mass is 79.9. The Labute approximate surface area is 126 Å². The van der Waals surface area contributed by atoms with E-state index in [-0.39, 0.29) is 13.0 Å². The van der Waals surface area contributed by atoms with Crippen LogP contribution in [0.3, 0.4) is 0 Å². The average Bonchev–Trinajstić information content (AvgIpc) is 2.39. The van der Waals surface area contributed by atoms with Crippen LogP contribution in [-0.4, -0.2) is 23.7 Å². The molecule has 0 aliphatic rings. The lowest BCUT2D eigenvalue weighted by Gasteiger charge is -2.26. The largest absolute Gasteiger partial charge is 0.480 e. The van der Waals surface area contributed by atoms with E-state index in [0.29, 0.717) is 10.0 Å². The second-order valence-corrected chi connectivity index (χ2v) is 5.13. The van der Waals surface area contributed by atoms with Crippen LogP contribution < -0.4 is 0 Å². The van der Waals surface area contributed by atoms with Crippen LogP contribution in [0.2, 0.25) is 0 Å². The Bertz CT molecular complexity index is 524. The Morgan fingerprint density at radius 2 is 2.15 bits per heavy atom.